The number of thiol groups is 1. The second-order valence-corrected chi connectivity index (χ2v) is 7.12. The molecule has 0 heterocycles. The molecule has 0 aliphatic heterocycles. The van der Waals surface area contributed by atoms with Crippen LogP contribution in [0.25, 0.3) is 0 Å². The van der Waals surface area contributed by atoms with Crippen LogP contribution in [0.4, 0.5) is 0 Å². The minimum absolute atomic E-state index is 0.311. The molecule has 0 aromatic heterocycles. The topological polar surface area (TPSA) is 3.24 Å². The third kappa shape index (κ3) is 5.58. The van der Waals surface area contributed by atoms with Crippen molar-refractivity contribution in [3.63, 3.8) is 0 Å². The zero-order valence-electron chi connectivity index (χ0n) is 13.1. The van der Waals surface area contributed by atoms with Crippen LogP contribution in [0.5, 0.6) is 0 Å². The lowest BCUT2D eigenvalue weighted by Crippen LogP contribution is -2.39. The van der Waals surface area contributed by atoms with Crippen LogP contribution in [0.2, 0.25) is 0 Å². The maximum absolute atomic E-state index is 4.55. The summed E-state index contributed by atoms with van der Waals surface area (Å²) in [6.07, 6.45) is 0. The molecule has 0 saturated carbocycles. The Hall–Kier alpha value is -0.470. The van der Waals surface area contributed by atoms with Gasteiger partial charge in [-0.2, -0.15) is 12.6 Å². The molecular weight excluding hydrogens is 250 g/mol. The van der Waals surface area contributed by atoms with Crippen molar-refractivity contribution in [2.45, 2.75) is 47.2 Å². The van der Waals surface area contributed by atoms with Gasteiger partial charge in [-0.25, -0.2) is 0 Å². The van der Waals surface area contributed by atoms with Crippen LogP contribution in [0.15, 0.2) is 30.3 Å². The van der Waals surface area contributed by atoms with Gasteiger partial charge in [0, 0.05) is 19.1 Å². The number of benzene rings is 1. The molecule has 0 fully saturated rings. The molecule has 108 valence electrons. The number of nitrogens with zero attached hydrogens (tertiary/aromatic N) is 1. The van der Waals surface area contributed by atoms with Gasteiger partial charge in [0.25, 0.3) is 0 Å². The van der Waals surface area contributed by atoms with Gasteiger partial charge in [-0.05, 0) is 36.5 Å². The monoisotopic (exact) mass is 279 g/mol. The SMILES string of the molecule is CC(C)N(Cc1ccccc1)CC(CS)C(C)(C)C. The zero-order chi connectivity index (χ0) is 14.5. The average Bonchev–Trinajstić information content (AvgIpc) is 2.33. The first-order valence-electron chi connectivity index (χ1n) is 7.23. The van der Waals surface area contributed by atoms with Gasteiger partial charge in [0.15, 0.2) is 0 Å². The lowest BCUT2D eigenvalue weighted by molar-refractivity contribution is 0.132. The number of rotatable bonds is 6. The van der Waals surface area contributed by atoms with Gasteiger partial charge in [0.2, 0.25) is 0 Å². The maximum atomic E-state index is 4.55. The predicted octanol–water partition coefficient (Wildman–Crippen LogP) is 4.49. The van der Waals surface area contributed by atoms with E-state index in [1.165, 1.54) is 5.56 Å². The largest absolute Gasteiger partial charge is 0.296 e. The van der Waals surface area contributed by atoms with Gasteiger partial charge < -0.3 is 0 Å². The molecule has 19 heavy (non-hydrogen) atoms. The molecule has 0 aliphatic rings. The highest BCUT2D eigenvalue weighted by Crippen LogP contribution is 2.28. The minimum Gasteiger partial charge on any atom is -0.296 e. The van der Waals surface area contributed by atoms with Crippen molar-refractivity contribution in [3.8, 4) is 0 Å². The van der Waals surface area contributed by atoms with Crippen molar-refractivity contribution in [2.75, 3.05) is 12.3 Å². The summed E-state index contributed by atoms with van der Waals surface area (Å²) in [5.74, 6) is 1.56. The molecule has 0 bridgehead atoms. The van der Waals surface area contributed by atoms with Crippen LogP contribution in [-0.4, -0.2) is 23.2 Å². The lowest BCUT2D eigenvalue weighted by Gasteiger charge is -2.36. The van der Waals surface area contributed by atoms with Crippen LogP contribution in [0.1, 0.15) is 40.2 Å². The van der Waals surface area contributed by atoms with E-state index in [0.717, 1.165) is 18.8 Å². The van der Waals surface area contributed by atoms with Gasteiger partial charge in [0.05, 0.1) is 0 Å². The average molecular weight is 279 g/mol. The van der Waals surface area contributed by atoms with E-state index >= 15 is 0 Å². The molecule has 0 aliphatic carbocycles. The highest BCUT2D eigenvalue weighted by Gasteiger charge is 2.26. The summed E-state index contributed by atoms with van der Waals surface area (Å²) in [5.41, 5.74) is 1.70. The summed E-state index contributed by atoms with van der Waals surface area (Å²) in [4.78, 5) is 2.56. The van der Waals surface area contributed by atoms with Gasteiger partial charge in [-0.1, -0.05) is 51.1 Å². The van der Waals surface area contributed by atoms with Crippen molar-refractivity contribution in [2.24, 2.45) is 11.3 Å². The van der Waals surface area contributed by atoms with Gasteiger partial charge in [-0.15, -0.1) is 0 Å². The van der Waals surface area contributed by atoms with Crippen molar-refractivity contribution in [3.05, 3.63) is 35.9 Å². The van der Waals surface area contributed by atoms with Crippen LogP contribution < -0.4 is 0 Å². The van der Waals surface area contributed by atoms with Crippen LogP contribution in [-0.2, 0) is 6.54 Å². The van der Waals surface area contributed by atoms with E-state index in [2.05, 4.69) is 82.5 Å². The molecule has 0 N–H and O–H groups in total. The molecule has 1 nitrogen and oxygen atoms in total. The first-order chi connectivity index (χ1) is 8.84. The normalized spacial score (nSPS) is 14.1. The van der Waals surface area contributed by atoms with Gasteiger partial charge in [0.1, 0.15) is 0 Å². The molecule has 1 aromatic rings. The molecule has 0 radical (unpaired) electrons. The van der Waals surface area contributed by atoms with E-state index in [4.69, 9.17) is 0 Å². The van der Waals surface area contributed by atoms with E-state index < -0.39 is 0 Å². The molecule has 0 spiro atoms. The summed E-state index contributed by atoms with van der Waals surface area (Å²) >= 11 is 4.55. The first kappa shape index (κ1) is 16.6. The minimum atomic E-state index is 0.311. The molecule has 1 rings (SSSR count). The standard InChI is InChI=1S/C17H29NS/c1-14(2)18(11-15-9-7-6-8-10-15)12-16(13-19)17(3,4)5/h6-10,14,16,19H,11-13H2,1-5H3. The summed E-state index contributed by atoms with van der Waals surface area (Å²) in [6.45, 7) is 13.6. The Morgan fingerprint density at radius 1 is 1.11 bits per heavy atom. The second kappa shape index (κ2) is 7.35. The molecule has 0 amide bonds. The summed E-state index contributed by atoms with van der Waals surface area (Å²) in [6, 6.07) is 11.3. The quantitative estimate of drug-likeness (QED) is 0.751. The Bertz CT molecular complexity index is 353. The van der Waals surface area contributed by atoms with Crippen molar-refractivity contribution >= 4 is 12.6 Å². The van der Waals surface area contributed by atoms with Crippen molar-refractivity contribution in [1.82, 2.24) is 4.90 Å². The van der Waals surface area contributed by atoms with E-state index in [1.54, 1.807) is 0 Å². The molecular formula is C17H29NS. The Labute approximate surface area is 124 Å². The van der Waals surface area contributed by atoms with E-state index in [9.17, 15) is 0 Å². The third-order valence-electron chi connectivity index (χ3n) is 3.86. The lowest BCUT2D eigenvalue weighted by atomic mass is 9.81. The van der Waals surface area contributed by atoms with E-state index in [-0.39, 0.29) is 0 Å². The van der Waals surface area contributed by atoms with E-state index in [1.807, 2.05) is 0 Å². The number of hydrogen-bond donors (Lipinski definition) is 1. The molecule has 0 saturated heterocycles. The van der Waals surface area contributed by atoms with Crippen molar-refractivity contribution < 1.29 is 0 Å². The molecule has 1 atom stereocenters. The Balaban J connectivity index is 2.73. The van der Waals surface area contributed by atoms with Gasteiger partial charge in [-0.3, -0.25) is 4.90 Å². The Kier molecular flexibility index (Phi) is 6.41. The Morgan fingerprint density at radius 3 is 2.11 bits per heavy atom. The van der Waals surface area contributed by atoms with Crippen molar-refractivity contribution in [1.29, 1.82) is 0 Å². The first-order valence-corrected chi connectivity index (χ1v) is 7.86. The van der Waals surface area contributed by atoms with Crippen LogP contribution in [0.3, 0.4) is 0 Å². The molecule has 2 heteroatoms. The molecule has 1 unspecified atom stereocenters. The highest BCUT2D eigenvalue weighted by atomic mass is 32.1. The summed E-state index contributed by atoms with van der Waals surface area (Å²) in [7, 11) is 0. The fourth-order valence-corrected chi connectivity index (χ4v) is 2.83. The maximum Gasteiger partial charge on any atom is 0.0236 e. The third-order valence-corrected chi connectivity index (χ3v) is 4.30. The second-order valence-electron chi connectivity index (χ2n) is 6.75. The Morgan fingerprint density at radius 2 is 1.68 bits per heavy atom. The van der Waals surface area contributed by atoms with E-state index in [0.29, 0.717) is 17.4 Å². The van der Waals surface area contributed by atoms with Gasteiger partial charge >= 0.3 is 0 Å². The highest BCUT2D eigenvalue weighted by molar-refractivity contribution is 7.80. The predicted molar refractivity (Wildman–Crippen MR) is 88.8 cm³/mol. The summed E-state index contributed by atoms with van der Waals surface area (Å²) < 4.78 is 0. The molecule has 1 aromatic carbocycles. The fourth-order valence-electron chi connectivity index (χ4n) is 2.16. The van der Waals surface area contributed by atoms with Crippen LogP contribution >= 0.6 is 12.6 Å². The fraction of sp³-hybridized carbons (Fsp3) is 0.647. The summed E-state index contributed by atoms with van der Waals surface area (Å²) in [5, 5.41) is 0. The smallest absolute Gasteiger partial charge is 0.0236 e. The number of hydrogen-bond acceptors (Lipinski definition) is 2. The zero-order valence-corrected chi connectivity index (χ0v) is 14.0. The van der Waals surface area contributed by atoms with Crippen LogP contribution in [0, 0.1) is 11.3 Å².